The van der Waals surface area contributed by atoms with Gasteiger partial charge in [-0.2, -0.15) is 0 Å². The first-order chi connectivity index (χ1) is 10.7. The number of hydrogen-bond donors (Lipinski definition) is 1. The topological polar surface area (TPSA) is 46.2 Å². The molecule has 1 aromatic rings. The molecule has 1 heterocycles. The number of ketones is 1. The van der Waals surface area contributed by atoms with E-state index < -0.39 is 0 Å². The van der Waals surface area contributed by atoms with Crippen LogP contribution in [0.15, 0.2) is 17.0 Å². The number of carbonyl (C=O) groups excluding carboxylic acids is 2. The van der Waals surface area contributed by atoms with Gasteiger partial charge < -0.3 is 5.32 Å². The van der Waals surface area contributed by atoms with E-state index in [4.69, 9.17) is 0 Å². The molecule has 0 spiro atoms. The summed E-state index contributed by atoms with van der Waals surface area (Å²) in [4.78, 5) is 24.6. The van der Waals surface area contributed by atoms with Crippen molar-refractivity contribution in [2.45, 2.75) is 56.3 Å². The van der Waals surface area contributed by atoms with Gasteiger partial charge in [0.15, 0.2) is 5.78 Å². The Kier molecular flexibility index (Phi) is 4.87. The molecule has 22 heavy (non-hydrogen) atoms. The van der Waals surface area contributed by atoms with Gasteiger partial charge in [-0.1, -0.05) is 6.07 Å². The molecular weight excluding hydrogens is 294 g/mol. The Morgan fingerprint density at radius 3 is 3.05 bits per heavy atom. The average Bonchev–Trinajstić information content (AvgIpc) is 2.51. The third kappa shape index (κ3) is 3.22. The molecule has 3 nitrogen and oxygen atoms in total. The first-order valence-corrected chi connectivity index (χ1v) is 9.21. The Hall–Kier alpha value is -1.29. The molecule has 1 amide bonds. The SMILES string of the molecule is CC(=O)NCCCC1CCCc2ccc3c(c21)C(=O)CCS3. The molecule has 1 atom stereocenters. The second-order valence-electron chi connectivity index (χ2n) is 6.25. The van der Waals surface area contributed by atoms with Crippen molar-refractivity contribution in [3.05, 3.63) is 28.8 Å². The van der Waals surface area contributed by atoms with Gasteiger partial charge in [-0.3, -0.25) is 9.59 Å². The number of fused-ring (bicyclic) bond motifs is 3. The average molecular weight is 317 g/mol. The zero-order valence-corrected chi connectivity index (χ0v) is 13.9. The summed E-state index contributed by atoms with van der Waals surface area (Å²) in [5.41, 5.74) is 3.74. The number of Topliss-reactive ketones (excluding diaryl/α,β-unsaturated/α-hetero) is 1. The molecule has 0 fully saturated rings. The second-order valence-corrected chi connectivity index (χ2v) is 7.38. The molecular formula is C18H23NO2S. The Bertz CT molecular complexity index is 597. The number of amides is 1. The van der Waals surface area contributed by atoms with E-state index in [9.17, 15) is 9.59 Å². The Morgan fingerprint density at radius 1 is 1.36 bits per heavy atom. The van der Waals surface area contributed by atoms with E-state index in [0.29, 0.717) is 18.1 Å². The maximum absolute atomic E-state index is 12.5. The molecule has 1 aromatic carbocycles. The molecule has 0 saturated heterocycles. The molecule has 3 rings (SSSR count). The molecule has 1 N–H and O–H groups in total. The van der Waals surface area contributed by atoms with E-state index >= 15 is 0 Å². The van der Waals surface area contributed by atoms with Crippen LogP contribution in [0.2, 0.25) is 0 Å². The highest BCUT2D eigenvalue weighted by Crippen LogP contribution is 2.42. The van der Waals surface area contributed by atoms with E-state index in [1.165, 1.54) is 28.9 Å². The van der Waals surface area contributed by atoms with Gasteiger partial charge in [0.1, 0.15) is 0 Å². The van der Waals surface area contributed by atoms with Gasteiger partial charge in [-0.25, -0.2) is 0 Å². The van der Waals surface area contributed by atoms with E-state index in [1.54, 1.807) is 6.92 Å². The van der Waals surface area contributed by atoms with Crippen LogP contribution in [-0.2, 0) is 11.2 Å². The fourth-order valence-corrected chi connectivity index (χ4v) is 4.74. The van der Waals surface area contributed by atoms with Crippen LogP contribution in [0.5, 0.6) is 0 Å². The monoisotopic (exact) mass is 317 g/mol. The summed E-state index contributed by atoms with van der Waals surface area (Å²) in [5, 5.41) is 2.87. The quantitative estimate of drug-likeness (QED) is 0.861. The fraction of sp³-hybridized carbons (Fsp3) is 0.556. The highest BCUT2D eigenvalue weighted by atomic mass is 32.2. The third-order valence-electron chi connectivity index (χ3n) is 4.67. The second kappa shape index (κ2) is 6.86. The minimum absolute atomic E-state index is 0.0352. The summed E-state index contributed by atoms with van der Waals surface area (Å²) in [6.07, 6.45) is 6.19. The number of aryl methyl sites for hydroxylation is 1. The minimum Gasteiger partial charge on any atom is -0.356 e. The summed E-state index contributed by atoms with van der Waals surface area (Å²) in [7, 11) is 0. The number of carbonyl (C=O) groups is 2. The van der Waals surface area contributed by atoms with Crippen LogP contribution in [-0.4, -0.2) is 24.0 Å². The summed E-state index contributed by atoms with van der Waals surface area (Å²) in [6.45, 7) is 2.29. The van der Waals surface area contributed by atoms with Crippen molar-refractivity contribution in [3.63, 3.8) is 0 Å². The number of benzene rings is 1. The highest BCUT2D eigenvalue weighted by Gasteiger charge is 2.29. The highest BCUT2D eigenvalue weighted by molar-refractivity contribution is 7.99. The molecule has 0 bridgehead atoms. The molecule has 0 radical (unpaired) electrons. The summed E-state index contributed by atoms with van der Waals surface area (Å²) >= 11 is 1.82. The van der Waals surface area contributed by atoms with Crippen LogP contribution in [0.3, 0.4) is 0 Å². The number of nitrogens with one attached hydrogen (secondary N) is 1. The van der Waals surface area contributed by atoms with Crippen molar-refractivity contribution >= 4 is 23.5 Å². The van der Waals surface area contributed by atoms with Crippen LogP contribution in [0, 0.1) is 0 Å². The summed E-state index contributed by atoms with van der Waals surface area (Å²) in [6, 6.07) is 4.38. The van der Waals surface area contributed by atoms with Crippen LogP contribution in [0.4, 0.5) is 0 Å². The number of hydrogen-bond acceptors (Lipinski definition) is 3. The van der Waals surface area contributed by atoms with Gasteiger partial charge in [0.25, 0.3) is 0 Å². The predicted molar refractivity (Wildman–Crippen MR) is 89.7 cm³/mol. The fourth-order valence-electron chi connectivity index (χ4n) is 3.70. The lowest BCUT2D eigenvalue weighted by Crippen LogP contribution is -2.23. The largest absolute Gasteiger partial charge is 0.356 e. The zero-order valence-electron chi connectivity index (χ0n) is 13.1. The lowest BCUT2D eigenvalue weighted by atomic mass is 9.77. The summed E-state index contributed by atoms with van der Waals surface area (Å²) < 4.78 is 0. The molecule has 0 aromatic heterocycles. The van der Waals surface area contributed by atoms with E-state index in [-0.39, 0.29) is 5.91 Å². The van der Waals surface area contributed by atoms with Gasteiger partial charge in [0.05, 0.1) is 0 Å². The summed E-state index contributed by atoms with van der Waals surface area (Å²) in [5.74, 6) is 1.76. The Balaban J connectivity index is 1.82. The smallest absolute Gasteiger partial charge is 0.216 e. The molecule has 4 heteroatoms. The first kappa shape index (κ1) is 15.6. The minimum atomic E-state index is 0.0352. The van der Waals surface area contributed by atoms with Crippen molar-refractivity contribution in [1.82, 2.24) is 5.32 Å². The lowest BCUT2D eigenvalue weighted by Gasteiger charge is -2.30. The number of rotatable bonds is 4. The van der Waals surface area contributed by atoms with Gasteiger partial charge in [0.2, 0.25) is 5.91 Å². The normalized spacial score (nSPS) is 20.2. The van der Waals surface area contributed by atoms with Gasteiger partial charge in [-0.15, -0.1) is 11.8 Å². The molecule has 1 aliphatic heterocycles. The maximum Gasteiger partial charge on any atom is 0.216 e. The van der Waals surface area contributed by atoms with Gasteiger partial charge >= 0.3 is 0 Å². The predicted octanol–water partition coefficient (Wildman–Crippen LogP) is 3.70. The van der Waals surface area contributed by atoms with Gasteiger partial charge in [-0.05, 0) is 55.2 Å². The van der Waals surface area contributed by atoms with Crippen molar-refractivity contribution in [1.29, 1.82) is 0 Å². The van der Waals surface area contributed by atoms with Crippen LogP contribution >= 0.6 is 11.8 Å². The van der Waals surface area contributed by atoms with E-state index in [0.717, 1.165) is 37.1 Å². The van der Waals surface area contributed by atoms with Crippen LogP contribution < -0.4 is 5.32 Å². The lowest BCUT2D eigenvalue weighted by molar-refractivity contribution is -0.118. The van der Waals surface area contributed by atoms with Crippen LogP contribution in [0.1, 0.15) is 66.4 Å². The van der Waals surface area contributed by atoms with Crippen molar-refractivity contribution < 1.29 is 9.59 Å². The van der Waals surface area contributed by atoms with Crippen molar-refractivity contribution in [3.8, 4) is 0 Å². The van der Waals surface area contributed by atoms with Crippen molar-refractivity contribution in [2.75, 3.05) is 12.3 Å². The van der Waals surface area contributed by atoms with Crippen molar-refractivity contribution in [2.24, 2.45) is 0 Å². The Morgan fingerprint density at radius 2 is 2.23 bits per heavy atom. The van der Waals surface area contributed by atoms with Crippen LogP contribution in [0.25, 0.3) is 0 Å². The molecule has 0 saturated carbocycles. The van der Waals surface area contributed by atoms with E-state index in [2.05, 4.69) is 17.4 Å². The zero-order chi connectivity index (χ0) is 15.5. The molecule has 118 valence electrons. The molecule has 1 unspecified atom stereocenters. The third-order valence-corrected chi connectivity index (χ3v) is 5.73. The molecule has 1 aliphatic carbocycles. The number of thioether (sulfide) groups is 1. The first-order valence-electron chi connectivity index (χ1n) is 8.23. The van der Waals surface area contributed by atoms with E-state index in [1.807, 2.05) is 11.8 Å². The standard InChI is InChI=1S/C18H23NO2S/c1-12(20)19-10-3-6-13-4-2-5-14-7-8-16-18(17(13)14)15(21)9-11-22-16/h7-8,13H,2-6,9-11H2,1H3,(H,19,20). The molecule has 2 aliphatic rings. The Labute approximate surface area is 136 Å². The van der Waals surface area contributed by atoms with Gasteiger partial charge in [0, 0.05) is 36.1 Å². The maximum atomic E-state index is 12.5.